The Hall–Kier alpha value is -0.440. The highest BCUT2D eigenvalue weighted by Gasteiger charge is 2.13. The van der Waals surface area contributed by atoms with Gasteiger partial charge in [0.25, 0.3) is 0 Å². The maximum absolute atomic E-state index is 13.8. The minimum atomic E-state index is -0.440. The summed E-state index contributed by atoms with van der Waals surface area (Å²) in [5.74, 6) is 0.136. The summed E-state index contributed by atoms with van der Waals surface area (Å²) in [6.45, 7) is 2.38. The molecule has 0 saturated carbocycles. The van der Waals surface area contributed by atoms with Crippen molar-refractivity contribution in [2.24, 2.45) is 0 Å². The van der Waals surface area contributed by atoms with Crippen LogP contribution in [0.15, 0.2) is 28.9 Å². The van der Waals surface area contributed by atoms with Crippen LogP contribution in [0.4, 0.5) is 4.39 Å². The number of nitrogens with zero attached hydrogens (tertiary/aromatic N) is 1. The molecule has 1 heterocycles. The quantitative estimate of drug-likeness (QED) is 0.382. The van der Waals surface area contributed by atoms with Gasteiger partial charge in [-0.2, -0.15) is 0 Å². The van der Waals surface area contributed by atoms with E-state index in [4.69, 9.17) is 21.1 Å². The van der Waals surface area contributed by atoms with Crippen molar-refractivity contribution in [3.63, 3.8) is 0 Å². The highest BCUT2D eigenvalue weighted by atomic mass is 127. The van der Waals surface area contributed by atoms with Gasteiger partial charge in [0.2, 0.25) is 5.88 Å². The van der Waals surface area contributed by atoms with Gasteiger partial charge >= 0.3 is 0 Å². The number of rotatable bonds is 6. The molecule has 0 fully saturated rings. The highest BCUT2D eigenvalue weighted by Crippen LogP contribution is 2.28. The third kappa shape index (κ3) is 5.01. The number of halogens is 4. The maximum atomic E-state index is 13.8. The summed E-state index contributed by atoms with van der Waals surface area (Å²) in [5, 5.41) is 0.105. The largest absolute Gasteiger partial charge is 0.481 e. The van der Waals surface area contributed by atoms with E-state index in [1.807, 2.05) is 13.0 Å². The Morgan fingerprint density at radius 2 is 2.13 bits per heavy atom. The molecule has 7 heteroatoms. The van der Waals surface area contributed by atoms with E-state index in [1.54, 1.807) is 25.4 Å². The first-order valence-corrected chi connectivity index (χ1v) is 9.09. The van der Waals surface area contributed by atoms with Gasteiger partial charge in [0.1, 0.15) is 0 Å². The third-order valence-corrected chi connectivity index (χ3v) is 5.41. The molecule has 2 aromatic rings. The normalized spacial score (nSPS) is 12.3. The standard InChI is InChI=1S/C16H15BrClFINO2/c1-9(5-10-3-4-12(18)16(19)15(10)17)23-8-11-7-21-14(22-2)6-13(11)20/h3-4,6-7,9H,5,8H2,1-2H3. The Labute approximate surface area is 161 Å². The van der Waals surface area contributed by atoms with Crippen molar-refractivity contribution in [2.45, 2.75) is 26.1 Å². The molecule has 1 aromatic heterocycles. The summed E-state index contributed by atoms with van der Waals surface area (Å²) in [6.07, 6.45) is 2.24. The Morgan fingerprint density at radius 1 is 1.39 bits per heavy atom. The lowest BCUT2D eigenvalue weighted by Crippen LogP contribution is -2.13. The van der Waals surface area contributed by atoms with Crippen LogP contribution in [0.2, 0.25) is 5.02 Å². The molecule has 124 valence electrons. The summed E-state index contributed by atoms with van der Waals surface area (Å²) in [7, 11) is 1.58. The van der Waals surface area contributed by atoms with Crippen molar-refractivity contribution in [3.8, 4) is 5.88 Å². The zero-order chi connectivity index (χ0) is 17.0. The highest BCUT2D eigenvalue weighted by molar-refractivity contribution is 14.1. The van der Waals surface area contributed by atoms with Crippen molar-refractivity contribution in [1.29, 1.82) is 0 Å². The number of hydrogen-bond donors (Lipinski definition) is 0. The van der Waals surface area contributed by atoms with E-state index in [9.17, 15) is 4.39 Å². The molecular weight excluding hydrogens is 499 g/mol. The first-order valence-electron chi connectivity index (χ1n) is 6.84. The van der Waals surface area contributed by atoms with E-state index in [2.05, 4.69) is 43.5 Å². The summed E-state index contributed by atoms with van der Waals surface area (Å²) in [4.78, 5) is 4.18. The van der Waals surface area contributed by atoms with Gasteiger partial charge in [-0.1, -0.05) is 17.7 Å². The van der Waals surface area contributed by atoms with Crippen LogP contribution >= 0.6 is 50.1 Å². The third-order valence-electron chi connectivity index (χ3n) is 3.26. The van der Waals surface area contributed by atoms with Crippen LogP contribution in [0, 0.1) is 9.39 Å². The Morgan fingerprint density at radius 3 is 2.78 bits per heavy atom. The van der Waals surface area contributed by atoms with E-state index in [-0.39, 0.29) is 11.1 Å². The number of methoxy groups -OCH3 is 1. The fourth-order valence-electron chi connectivity index (χ4n) is 1.98. The van der Waals surface area contributed by atoms with Gasteiger partial charge in [-0.3, -0.25) is 0 Å². The van der Waals surface area contributed by atoms with Crippen LogP contribution in [0.25, 0.3) is 0 Å². The van der Waals surface area contributed by atoms with E-state index >= 15 is 0 Å². The van der Waals surface area contributed by atoms with E-state index in [0.29, 0.717) is 23.4 Å². The summed E-state index contributed by atoms with van der Waals surface area (Å²) in [5.41, 5.74) is 1.81. The SMILES string of the molecule is COc1cc(I)c(COC(C)Cc2ccc(Cl)c(F)c2Br)cn1. The molecule has 1 aromatic carbocycles. The Balaban J connectivity index is 1.98. The molecule has 1 unspecified atom stereocenters. The maximum Gasteiger partial charge on any atom is 0.213 e. The minimum Gasteiger partial charge on any atom is -0.481 e. The van der Waals surface area contributed by atoms with Crippen molar-refractivity contribution < 1.29 is 13.9 Å². The molecular formula is C16H15BrClFINO2. The van der Waals surface area contributed by atoms with Crippen molar-refractivity contribution in [3.05, 3.63) is 54.4 Å². The van der Waals surface area contributed by atoms with Gasteiger partial charge < -0.3 is 9.47 Å². The van der Waals surface area contributed by atoms with Crippen molar-refractivity contribution >= 4 is 50.1 Å². The van der Waals surface area contributed by atoms with Gasteiger partial charge in [-0.05, 0) is 63.5 Å². The second kappa shape index (κ2) is 8.60. The van der Waals surface area contributed by atoms with Crippen molar-refractivity contribution in [1.82, 2.24) is 4.98 Å². The molecule has 0 amide bonds. The number of ether oxygens (including phenoxy) is 2. The van der Waals surface area contributed by atoms with Gasteiger partial charge in [0.05, 0.1) is 29.3 Å². The van der Waals surface area contributed by atoms with E-state index in [1.165, 1.54) is 0 Å². The van der Waals surface area contributed by atoms with Crippen LogP contribution in [-0.2, 0) is 17.8 Å². The zero-order valence-electron chi connectivity index (χ0n) is 12.6. The van der Waals surface area contributed by atoms with Gasteiger partial charge in [0, 0.05) is 21.4 Å². The van der Waals surface area contributed by atoms with Crippen LogP contribution in [0.5, 0.6) is 5.88 Å². The first kappa shape index (κ1) is 18.9. The molecule has 2 rings (SSSR count). The zero-order valence-corrected chi connectivity index (χ0v) is 17.1. The lowest BCUT2D eigenvalue weighted by Gasteiger charge is -2.15. The molecule has 0 aliphatic rings. The smallest absolute Gasteiger partial charge is 0.213 e. The number of hydrogen-bond acceptors (Lipinski definition) is 3. The molecule has 0 spiro atoms. The first-order chi connectivity index (χ1) is 10.9. The second-order valence-electron chi connectivity index (χ2n) is 4.98. The van der Waals surface area contributed by atoms with Crippen LogP contribution < -0.4 is 4.74 Å². The molecule has 0 bridgehead atoms. The molecule has 0 saturated heterocycles. The van der Waals surface area contributed by atoms with Crippen LogP contribution in [0.3, 0.4) is 0 Å². The predicted molar refractivity (Wildman–Crippen MR) is 101 cm³/mol. The molecule has 0 aliphatic carbocycles. The van der Waals surface area contributed by atoms with Crippen molar-refractivity contribution in [2.75, 3.05) is 7.11 Å². The average Bonchev–Trinajstić information content (AvgIpc) is 2.54. The fraction of sp³-hybridized carbons (Fsp3) is 0.312. The fourth-order valence-corrected chi connectivity index (χ4v) is 3.32. The van der Waals surface area contributed by atoms with Gasteiger partial charge in [-0.25, -0.2) is 9.37 Å². The number of benzene rings is 1. The molecule has 23 heavy (non-hydrogen) atoms. The van der Waals surface area contributed by atoms with Crippen LogP contribution in [0.1, 0.15) is 18.1 Å². The lowest BCUT2D eigenvalue weighted by atomic mass is 10.1. The van der Waals surface area contributed by atoms with E-state index in [0.717, 1.165) is 14.7 Å². The second-order valence-corrected chi connectivity index (χ2v) is 7.34. The number of pyridine rings is 1. The Kier molecular flexibility index (Phi) is 7.06. The topological polar surface area (TPSA) is 31.4 Å². The molecule has 1 atom stereocenters. The minimum absolute atomic E-state index is 0.0789. The predicted octanol–water partition coefficient (Wildman–Crippen LogP) is 5.40. The summed E-state index contributed by atoms with van der Waals surface area (Å²) in [6, 6.07) is 5.21. The molecule has 3 nitrogen and oxygen atoms in total. The average molecular weight is 515 g/mol. The molecule has 0 aliphatic heterocycles. The Bertz CT molecular complexity index is 702. The van der Waals surface area contributed by atoms with E-state index < -0.39 is 5.82 Å². The van der Waals surface area contributed by atoms with Gasteiger partial charge in [-0.15, -0.1) is 0 Å². The van der Waals surface area contributed by atoms with Gasteiger partial charge in [0.15, 0.2) is 5.82 Å². The molecule has 0 radical (unpaired) electrons. The lowest BCUT2D eigenvalue weighted by molar-refractivity contribution is 0.0528. The summed E-state index contributed by atoms with van der Waals surface area (Å²) >= 11 is 11.2. The monoisotopic (exact) mass is 513 g/mol. The van der Waals surface area contributed by atoms with Crippen LogP contribution in [-0.4, -0.2) is 18.2 Å². The number of aromatic nitrogens is 1. The summed E-state index contributed by atoms with van der Waals surface area (Å²) < 4.78 is 26.1. The molecule has 0 N–H and O–H groups in total.